The molecule has 1 aromatic carbocycles. The summed E-state index contributed by atoms with van der Waals surface area (Å²) in [7, 11) is 4.55. The zero-order chi connectivity index (χ0) is 20.3. The Kier molecular flexibility index (Phi) is 5.65. The molecule has 1 N–H and O–H groups in total. The summed E-state index contributed by atoms with van der Waals surface area (Å²) < 4.78 is 7.58. The molecule has 2 aromatic heterocycles. The standard InChI is InChI=1S/C19H20N4O4S/c1-21-17(16(11-20-26)18(24)22(2)19(21)25)23(12-15-5-4-10-28-15)13-6-8-14(27-3)9-7-13/h4-11,26H,12H2,1-3H3/b20-11+. The lowest BCUT2D eigenvalue weighted by atomic mass is 10.2. The number of methoxy groups -OCH3 is 1. The van der Waals surface area contributed by atoms with Crippen LogP contribution in [0.15, 0.2) is 56.5 Å². The molecule has 2 heterocycles. The largest absolute Gasteiger partial charge is 0.497 e. The summed E-state index contributed by atoms with van der Waals surface area (Å²) in [4.78, 5) is 28.2. The van der Waals surface area contributed by atoms with Gasteiger partial charge in [-0.1, -0.05) is 11.2 Å². The number of aromatic nitrogens is 2. The maximum Gasteiger partial charge on any atom is 0.332 e. The lowest BCUT2D eigenvalue weighted by molar-refractivity contribution is 0.321. The van der Waals surface area contributed by atoms with Crippen LogP contribution in [0.5, 0.6) is 5.75 Å². The number of hydrogen-bond donors (Lipinski definition) is 1. The Morgan fingerprint density at radius 3 is 2.46 bits per heavy atom. The van der Waals surface area contributed by atoms with Crippen molar-refractivity contribution in [2.75, 3.05) is 12.0 Å². The zero-order valence-electron chi connectivity index (χ0n) is 15.7. The summed E-state index contributed by atoms with van der Waals surface area (Å²) in [5.41, 5.74) is -0.148. The van der Waals surface area contributed by atoms with Crippen molar-refractivity contribution in [3.8, 4) is 5.75 Å². The first-order chi connectivity index (χ1) is 13.5. The fourth-order valence-electron chi connectivity index (χ4n) is 2.97. The number of thiophene rings is 1. The van der Waals surface area contributed by atoms with Gasteiger partial charge in [0, 0.05) is 24.7 Å². The molecule has 146 valence electrons. The molecule has 0 spiro atoms. The number of benzene rings is 1. The number of oxime groups is 1. The highest BCUT2D eigenvalue weighted by Gasteiger charge is 2.22. The van der Waals surface area contributed by atoms with Crippen LogP contribution in [0.25, 0.3) is 0 Å². The molecule has 0 bridgehead atoms. The van der Waals surface area contributed by atoms with Crippen LogP contribution in [-0.2, 0) is 20.6 Å². The second-order valence-electron chi connectivity index (χ2n) is 6.05. The van der Waals surface area contributed by atoms with Crippen LogP contribution in [0.3, 0.4) is 0 Å². The molecule has 3 aromatic rings. The average Bonchev–Trinajstić information content (AvgIpc) is 3.23. The maximum absolute atomic E-state index is 12.7. The number of hydrogen-bond acceptors (Lipinski definition) is 7. The minimum Gasteiger partial charge on any atom is -0.497 e. The van der Waals surface area contributed by atoms with Crippen molar-refractivity contribution in [1.29, 1.82) is 0 Å². The Morgan fingerprint density at radius 2 is 1.89 bits per heavy atom. The third kappa shape index (κ3) is 3.56. The van der Waals surface area contributed by atoms with Crippen molar-refractivity contribution in [2.24, 2.45) is 19.3 Å². The summed E-state index contributed by atoms with van der Waals surface area (Å²) in [6.07, 6.45) is 1.06. The Labute approximate surface area is 165 Å². The predicted octanol–water partition coefficient (Wildman–Crippen LogP) is 2.30. The smallest absolute Gasteiger partial charge is 0.332 e. The van der Waals surface area contributed by atoms with E-state index in [1.54, 1.807) is 37.6 Å². The van der Waals surface area contributed by atoms with E-state index >= 15 is 0 Å². The lowest BCUT2D eigenvalue weighted by Crippen LogP contribution is -2.42. The van der Waals surface area contributed by atoms with Gasteiger partial charge in [0.2, 0.25) is 0 Å². The Hall–Kier alpha value is -3.33. The quantitative estimate of drug-likeness (QED) is 0.390. The van der Waals surface area contributed by atoms with Gasteiger partial charge in [0.15, 0.2) is 0 Å². The maximum atomic E-state index is 12.7. The molecule has 0 aliphatic rings. The Morgan fingerprint density at radius 1 is 1.18 bits per heavy atom. The summed E-state index contributed by atoms with van der Waals surface area (Å²) in [6.45, 7) is 0.427. The molecule has 28 heavy (non-hydrogen) atoms. The normalized spacial score (nSPS) is 11.1. The lowest BCUT2D eigenvalue weighted by Gasteiger charge is -2.28. The van der Waals surface area contributed by atoms with Crippen molar-refractivity contribution < 1.29 is 9.94 Å². The van der Waals surface area contributed by atoms with Crippen LogP contribution >= 0.6 is 11.3 Å². The topological polar surface area (TPSA) is 89.1 Å². The predicted molar refractivity (Wildman–Crippen MR) is 109 cm³/mol. The van der Waals surface area contributed by atoms with Crippen LogP contribution in [0.1, 0.15) is 10.4 Å². The molecule has 0 unspecified atom stereocenters. The number of anilines is 2. The highest BCUT2D eigenvalue weighted by molar-refractivity contribution is 7.09. The first-order valence-electron chi connectivity index (χ1n) is 8.39. The number of rotatable bonds is 6. The third-order valence-corrected chi connectivity index (χ3v) is 5.25. The summed E-state index contributed by atoms with van der Waals surface area (Å²) in [5.74, 6) is 1.03. The molecular formula is C19H20N4O4S. The molecule has 0 saturated heterocycles. The van der Waals surface area contributed by atoms with E-state index in [1.165, 1.54) is 11.6 Å². The van der Waals surface area contributed by atoms with Crippen LogP contribution in [0.4, 0.5) is 11.5 Å². The van der Waals surface area contributed by atoms with Gasteiger partial charge in [0.25, 0.3) is 5.56 Å². The van der Waals surface area contributed by atoms with Gasteiger partial charge in [-0.2, -0.15) is 0 Å². The first kappa shape index (κ1) is 19.4. The Bertz CT molecular complexity index is 1100. The fraction of sp³-hybridized carbons (Fsp3) is 0.211. The van der Waals surface area contributed by atoms with E-state index in [-0.39, 0.29) is 5.56 Å². The molecule has 9 heteroatoms. The van der Waals surface area contributed by atoms with Crippen molar-refractivity contribution in [3.05, 3.63) is 73.1 Å². The number of nitrogens with zero attached hydrogens (tertiary/aromatic N) is 4. The molecule has 0 saturated carbocycles. The van der Waals surface area contributed by atoms with Crippen molar-refractivity contribution >= 4 is 29.1 Å². The molecule has 0 aliphatic carbocycles. The molecule has 8 nitrogen and oxygen atoms in total. The third-order valence-electron chi connectivity index (χ3n) is 4.39. The summed E-state index contributed by atoms with van der Waals surface area (Å²) in [6, 6.07) is 11.2. The molecule has 0 atom stereocenters. The molecule has 3 rings (SSSR count). The highest BCUT2D eigenvalue weighted by Crippen LogP contribution is 2.30. The monoisotopic (exact) mass is 400 g/mol. The van der Waals surface area contributed by atoms with E-state index in [0.717, 1.165) is 21.3 Å². The van der Waals surface area contributed by atoms with Crippen LogP contribution in [0, 0.1) is 0 Å². The first-order valence-corrected chi connectivity index (χ1v) is 9.27. The molecule has 0 radical (unpaired) electrons. The average molecular weight is 400 g/mol. The van der Waals surface area contributed by atoms with E-state index in [0.29, 0.717) is 18.1 Å². The van der Waals surface area contributed by atoms with Crippen LogP contribution < -0.4 is 20.9 Å². The van der Waals surface area contributed by atoms with Gasteiger partial charge in [-0.05, 0) is 35.7 Å². The van der Waals surface area contributed by atoms with Gasteiger partial charge in [-0.25, -0.2) is 4.79 Å². The Balaban J connectivity index is 2.28. The van der Waals surface area contributed by atoms with Crippen molar-refractivity contribution in [1.82, 2.24) is 9.13 Å². The molecule has 0 aliphatic heterocycles. The minimum absolute atomic E-state index is 0.111. The van der Waals surface area contributed by atoms with Gasteiger partial charge in [-0.3, -0.25) is 13.9 Å². The van der Waals surface area contributed by atoms with E-state index in [1.807, 2.05) is 34.5 Å². The summed E-state index contributed by atoms with van der Waals surface area (Å²) >= 11 is 1.56. The van der Waals surface area contributed by atoms with Gasteiger partial charge >= 0.3 is 5.69 Å². The second-order valence-corrected chi connectivity index (χ2v) is 7.08. The van der Waals surface area contributed by atoms with E-state index in [9.17, 15) is 9.59 Å². The minimum atomic E-state index is -0.541. The SMILES string of the molecule is COc1ccc(N(Cc2cccs2)c2c(/C=N/O)c(=O)n(C)c(=O)n2C)cc1. The fourth-order valence-corrected chi connectivity index (χ4v) is 3.66. The van der Waals surface area contributed by atoms with E-state index < -0.39 is 11.2 Å². The number of ether oxygens (including phenoxy) is 1. The van der Waals surface area contributed by atoms with E-state index in [2.05, 4.69) is 5.16 Å². The van der Waals surface area contributed by atoms with Gasteiger partial charge in [0.1, 0.15) is 17.1 Å². The van der Waals surface area contributed by atoms with Crippen LogP contribution in [-0.4, -0.2) is 27.7 Å². The van der Waals surface area contributed by atoms with Gasteiger partial charge in [-0.15, -0.1) is 11.3 Å². The van der Waals surface area contributed by atoms with Crippen molar-refractivity contribution in [3.63, 3.8) is 0 Å². The van der Waals surface area contributed by atoms with Crippen molar-refractivity contribution in [2.45, 2.75) is 6.54 Å². The summed E-state index contributed by atoms with van der Waals surface area (Å²) in [5, 5.41) is 14.1. The highest BCUT2D eigenvalue weighted by atomic mass is 32.1. The molecule has 0 amide bonds. The van der Waals surface area contributed by atoms with Gasteiger partial charge in [0.05, 0.1) is 19.9 Å². The molecule has 0 fully saturated rings. The van der Waals surface area contributed by atoms with Gasteiger partial charge < -0.3 is 14.8 Å². The second kappa shape index (κ2) is 8.13. The zero-order valence-corrected chi connectivity index (χ0v) is 16.5. The van der Waals surface area contributed by atoms with E-state index in [4.69, 9.17) is 9.94 Å². The van der Waals surface area contributed by atoms with Crippen LogP contribution in [0.2, 0.25) is 0 Å². The molecular weight excluding hydrogens is 380 g/mol.